The van der Waals surface area contributed by atoms with Crippen LogP contribution in [0.15, 0.2) is 186 Å². The molecule has 1 heteroatoms. The third-order valence-electron chi connectivity index (χ3n) is 9.76. The van der Waals surface area contributed by atoms with Gasteiger partial charge in [0.2, 0.25) is 0 Å². The molecule has 0 fully saturated rings. The molecular weight excluding hydrogens is 617 g/mol. The van der Waals surface area contributed by atoms with E-state index in [0.29, 0.717) is 21.9 Å². The molecule has 0 aliphatic rings. The van der Waals surface area contributed by atoms with E-state index in [1.54, 1.807) is 12.1 Å². The van der Waals surface area contributed by atoms with Crippen LogP contribution in [0.25, 0.3) is 109 Å². The van der Waals surface area contributed by atoms with Crippen molar-refractivity contribution in [1.29, 1.82) is 0 Å². The van der Waals surface area contributed by atoms with E-state index in [1.165, 1.54) is 0 Å². The van der Waals surface area contributed by atoms with E-state index in [0.717, 1.165) is 38.3 Å². The van der Waals surface area contributed by atoms with Crippen LogP contribution in [-0.2, 0) is 0 Å². The highest BCUT2D eigenvalue weighted by molar-refractivity contribution is 6.25. The molecule has 10 aromatic carbocycles. The Morgan fingerprint density at radius 1 is 0.353 bits per heavy atom. The molecule has 11 rings (SSSR count). The van der Waals surface area contributed by atoms with Crippen LogP contribution in [0.4, 0.5) is 0 Å². The Bertz CT molecular complexity index is 3970. The minimum Gasteiger partial charge on any atom is -0.456 e. The van der Waals surface area contributed by atoms with Crippen molar-refractivity contribution in [2.24, 2.45) is 0 Å². The summed E-state index contributed by atoms with van der Waals surface area (Å²) in [7, 11) is 0. The zero-order valence-electron chi connectivity index (χ0n) is 41.6. The van der Waals surface area contributed by atoms with Gasteiger partial charge in [-0.05, 0) is 112 Å². The molecule has 0 aliphatic carbocycles. The molecule has 0 spiro atoms. The van der Waals surface area contributed by atoms with E-state index < -0.39 is 107 Å². The monoisotopic (exact) mass is 661 g/mol. The first-order chi connectivity index (χ1) is 31.5. The van der Waals surface area contributed by atoms with Crippen LogP contribution >= 0.6 is 0 Å². The fraction of sp³-hybridized carbons (Fsp3) is 0. The number of benzene rings is 10. The van der Waals surface area contributed by atoms with Crippen molar-refractivity contribution in [3.63, 3.8) is 0 Å². The molecule has 1 nitrogen and oxygen atoms in total. The van der Waals surface area contributed by atoms with Gasteiger partial charge in [-0.25, -0.2) is 0 Å². The van der Waals surface area contributed by atoms with Crippen LogP contribution in [0, 0.1) is 0 Å². The molecular formula is C50H30O. The molecule has 0 saturated heterocycles. The van der Waals surface area contributed by atoms with Crippen LogP contribution in [0.2, 0.25) is 0 Å². The molecule has 0 aliphatic heterocycles. The van der Waals surface area contributed by atoms with Crippen LogP contribution < -0.4 is 0 Å². The van der Waals surface area contributed by atoms with Crippen molar-refractivity contribution in [1.82, 2.24) is 0 Å². The van der Waals surface area contributed by atoms with Gasteiger partial charge >= 0.3 is 0 Å². The highest BCUT2D eigenvalue weighted by atomic mass is 16.3. The maximum absolute atomic E-state index is 9.51. The van der Waals surface area contributed by atoms with Gasteiger partial charge in [-0.3, -0.25) is 0 Å². The number of hydrogen-bond donors (Lipinski definition) is 0. The molecule has 236 valence electrons. The Labute approximate surface area is 315 Å². The normalized spacial score (nSPS) is 16.0. The molecule has 0 saturated carbocycles. The van der Waals surface area contributed by atoms with Crippen LogP contribution in [0.3, 0.4) is 0 Å². The molecule has 0 radical (unpaired) electrons. The first-order valence-electron chi connectivity index (χ1n) is 23.9. The van der Waals surface area contributed by atoms with E-state index in [-0.39, 0.29) is 32.7 Å². The van der Waals surface area contributed by atoms with Gasteiger partial charge in [0.1, 0.15) is 11.2 Å². The van der Waals surface area contributed by atoms with E-state index in [9.17, 15) is 6.85 Å². The number of hydrogen-bond acceptors (Lipinski definition) is 1. The second-order valence-corrected chi connectivity index (χ2v) is 12.5. The van der Waals surface area contributed by atoms with Crippen LogP contribution in [0.1, 0.15) is 20.6 Å². The summed E-state index contributed by atoms with van der Waals surface area (Å²) >= 11 is 0. The summed E-state index contributed by atoms with van der Waals surface area (Å²) in [4.78, 5) is 0. The summed E-state index contributed by atoms with van der Waals surface area (Å²) in [5, 5.41) is 3.40. The van der Waals surface area contributed by atoms with E-state index in [2.05, 4.69) is 6.07 Å². The van der Waals surface area contributed by atoms with E-state index in [4.69, 9.17) is 18.1 Å². The van der Waals surface area contributed by atoms with Crippen molar-refractivity contribution >= 4 is 75.8 Å². The lowest BCUT2D eigenvalue weighted by Crippen LogP contribution is -1.92. The van der Waals surface area contributed by atoms with Crippen molar-refractivity contribution in [2.75, 3.05) is 0 Å². The second-order valence-electron chi connectivity index (χ2n) is 12.5. The Balaban J connectivity index is 1.30. The quantitative estimate of drug-likeness (QED) is 0.172. The van der Waals surface area contributed by atoms with Gasteiger partial charge in [-0.2, -0.15) is 0 Å². The lowest BCUT2D eigenvalue weighted by atomic mass is 9.83. The van der Waals surface area contributed by atoms with E-state index in [1.807, 2.05) is 72.8 Å². The molecule has 11 aromatic rings. The third kappa shape index (κ3) is 4.22. The predicted octanol–water partition coefficient (Wildman–Crippen LogP) is 14.4. The average molecular weight is 662 g/mol. The van der Waals surface area contributed by atoms with Crippen LogP contribution in [0.5, 0.6) is 0 Å². The zero-order chi connectivity index (χ0) is 46.5. The maximum Gasteiger partial charge on any atom is 0.136 e. The Hall–Kier alpha value is -6.70. The topological polar surface area (TPSA) is 13.1 Å². The molecule has 1 heterocycles. The first kappa shape index (κ1) is 17.3. The van der Waals surface area contributed by atoms with Crippen LogP contribution in [-0.4, -0.2) is 0 Å². The SMILES string of the molecule is [2H]c1c([2H])c([2H])c2c(-c3c4c([2H])c([2H])c([2H])c([2H])c4c(-c4cccc5cc(-c6cccc7oc8cc9ccccc9cc8c67)ccc45)c4c([2H])c([2H])c([2H])c([2H])c34)c([2H])c([2H])c([2H])c2c1[2H]. The summed E-state index contributed by atoms with van der Waals surface area (Å²) in [6.07, 6.45) is 0. The summed E-state index contributed by atoms with van der Waals surface area (Å²) in [5.74, 6) is 0. The zero-order valence-corrected chi connectivity index (χ0v) is 26.6. The summed E-state index contributed by atoms with van der Waals surface area (Å²) < 4.78 is 142. The highest BCUT2D eigenvalue weighted by Crippen LogP contribution is 2.47. The van der Waals surface area contributed by atoms with Gasteiger partial charge in [-0.1, -0.05) is 157 Å². The largest absolute Gasteiger partial charge is 0.456 e. The Morgan fingerprint density at radius 3 is 1.73 bits per heavy atom. The summed E-state index contributed by atoms with van der Waals surface area (Å²) in [5.41, 5.74) is 2.75. The Morgan fingerprint density at radius 2 is 0.961 bits per heavy atom. The van der Waals surface area contributed by atoms with Gasteiger partial charge < -0.3 is 4.42 Å². The molecule has 0 unspecified atom stereocenters. The fourth-order valence-corrected chi connectivity index (χ4v) is 7.57. The van der Waals surface area contributed by atoms with Gasteiger partial charge in [0.25, 0.3) is 0 Å². The standard InChI is InChI=1S/C50H30O/c1-2-14-33-30-47-45(29-32(33)13-1)50-38(22-11-25-46(50)51-47)35-26-27-37-34(28-35)16-10-24-40(37)49-43-20-7-5-18-41(43)48(42-19-6-8-21-44(42)49)39-23-9-15-31-12-3-4-17-36(31)39/h1-30H/i3D,4D,5D,6D,7D,8D,9D,12D,15D,17D,18D,19D,20D,21D,23D. The van der Waals surface area contributed by atoms with Gasteiger partial charge in [-0.15, -0.1) is 0 Å². The fourth-order valence-electron chi connectivity index (χ4n) is 7.57. The smallest absolute Gasteiger partial charge is 0.136 e. The molecule has 1 aromatic heterocycles. The second kappa shape index (κ2) is 10.9. The van der Waals surface area contributed by atoms with Crippen molar-refractivity contribution < 1.29 is 25.0 Å². The summed E-state index contributed by atoms with van der Waals surface area (Å²) in [6, 6.07) is 18.9. The van der Waals surface area contributed by atoms with Crippen molar-refractivity contribution in [3.05, 3.63) is 182 Å². The number of rotatable bonds is 3. The maximum atomic E-state index is 9.51. The van der Waals surface area contributed by atoms with Gasteiger partial charge in [0.05, 0.1) is 20.6 Å². The third-order valence-corrected chi connectivity index (χ3v) is 9.76. The highest BCUT2D eigenvalue weighted by Gasteiger charge is 2.20. The summed E-state index contributed by atoms with van der Waals surface area (Å²) in [6.45, 7) is 0. The minimum absolute atomic E-state index is 0.0388. The molecule has 51 heavy (non-hydrogen) atoms. The molecule has 0 N–H and O–H groups in total. The van der Waals surface area contributed by atoms with Crippen molar-refractivity contribution in [2.45, 2.75) is 0 Å². The molecule has 0 atom stereocenters. The minimum atomic E-state index is -0.758. The first-order valence-corrected chi connectivity index (χ1v) is 16.4. The number of fused-ring (bicyclic) bond motifs is 8. The lowest BCUT2D eigenvalue weighted by molar-refractivity contribution is 0.669. The molecule has 0 amide bonds. The van der Waals surface area contributed by atoms with Gasteiger partial charge in [0, 0.05) is 10.8 Å². The average Bonchev–Trinajstić information content (AvgIpc) is 3.69. The lowest BCUT2D eigenvalue weighted by Gasteiger charge is -2.20. The number of furan rings is 1. The Kier molecular flexibility index (Phi) is 3.70. The molecule has 0 bridgehead atoms. The van der Waals surface area contributed by atoms with Gasteiger partial charge in [0.15, 0.2) is 0 Å². The van der Waals surface area contributed by atoms with Crippen molar-refractivity contribution in [3.8, 4) is 33.4 Å². The predicted molar refractivity (Wildman–Crippen MR) is 218 cm³/mol. The van der Waals surface area contributed by atoms with E-state index >= 15 is 0 Å².